The molecule has 0 heterocycles. The largest absolute Gasteiger partial charge is 0.466 e. The van der Waals surface area contributed by atoms with Crippen LogP contribution < -0.4 is 5.32 Å². The van der Waals surface area contributed by atoms with E-state index < -0.39 is 6.10 Å². The minimum atomic E-state index is -0.521. The lowest BCUT2D eigenvalue weighted by Crippen LogP contribution is -2.37. The van der Waals surface area contributed by atoms with Crippen LogP contribution in [0.1, 0.15) is 44.3 Å². The van der Waals surface area contributed by atoms with Gasteiger partial charge in [-0.2, -0.15) is 0 Å². The van der Waals surface area contributed by atoms with E-state index in [0.29, 0.717) is 19.2 Å². The number of aliphatic hydroxyl groups is 1. The number of ether oxygens (including phenoxy) is 1. The Morgan fingerprint density at radius 3 is 2.60 bits per heavy atom. The molecule has 0 aliphatic heterocycles. The van der Waals surface area contributed by atoms with E-state index in [1.807, 2.05) is 25.1 Å². The minimum absolute atomic E-state index is 0.0448. The lowest BCUT2D eigenvalue weighted by atomic mass is 9.86. The Labute approximate surface area is 149 Å². The first kappa shape index (κ1) is 17.9. The molecule has 134 valence electrons. The first-order valence-corrected chi connectivity index (χ1v) is 9.24. The van der Waals surface area contributed by atoms with Gasteiger partial charge in [0.25, 0.3) is 0 Å². The van der Waals surface area contributed by atoms with Gasteiger partial charge in [0.15, 0.2) is 0 Å². The van der Waals surface area contributed by atoms with Gasteiger partial charge in [0.05, 0.1) is 18.6 Å². The quantitative estimate of drug-likeness (QED) is 0.789. The van der Waals surface area contributed by atoms with Crippen LogP contribution in [0.3, 0.4) is 0 Å². The van der Waals surface area contributed by atoms with Crippen molar-refractivity contribution in [3.8, 4) is 0 Å². The number of benzene rings is 2. The standard InChI is InChI=1S/C21H27NO3/c1-2-25-21(24)16-9-11-19(12-10-16)22-14-20(23)18-8-7-15-5-3-4-6-17(15)13-18/h3-8,13,16,19-20,22-23H,2,9-12,14H2,1H3. The van der Waals surface area contributed by atoms with E-state index in [-0.39, 0.29) is 11.9 Å². The predicted molar refractivity (Wildman–Crippen MR) is 99.3 cm³/mol. The minimum Gasteiger partial charge on any atom is -0.466 e. The Bertz CT molecular complexity index is 707. The maximum Gasteiger partial charge on any atom is 0.308 e. The zero-order valence-corrected chi connectivity index (χ0v) is 14.8. The summed E-state index contributed by atoms with van der Waals surface area (Å²) < 4.78 is 5.11. The normalized spacial score (nSPS) is 21.8. The molecule has 2 aromatic carbocycles. The van der Waals surface area contributed by atoms with E-state index >= 15 is 0 Å². The summed E-state index contributed by atoms with van der Waals surface area (Å²) in [4.78, 5) is 11.8. The summed E-state index contributed by atoms with van der Waals surface area (Å²) in [6.07, 6.45) is 3.11. The van der Waals surface area contributed by atoms with Crippen LogP contribution in [0.4, 0.5) is 0 Å². The summed E-state index contributed by atoms with van der Waals surface area (Å²) in [5.41, 5.74) is 0.936. The number of rotatable bonds is 6. The van der Waals surface area contributed by atoms with Crippen LogP contribution in [-0.4, -0.2) is 30.3 Å². The van der Waals surface area contributed by atoms with E-state index in [2.05, 4.69) is 29.6 Å². The van der Waals surface area contributed by atoms with Crippen molar-refractivity contribution < 1.29 is 14.6 Å². The van der Waals surface area contributed by atoms with Crippen LogP contribution in [0.5, 0.6) is 0 Å². The van der Waals surface area contributed by atoms with Crippen LogP contribution in [-0.2, 0) is 9.53 Å². The van der Waals surface area contributed by atoms with E-state index in [4.69, 9.17) is 4.74 Å². The van der Waals surface area contributed by atoms with Gasteiger partial charge in [-0.25, -0.2) is 0 Å². The molecule has 2 aromatic rings. The van der Waals surface area contributed by atoms with E-state index in [1.165, 1.54) is 5.39 Å². The summed E-state index contributed by atoms with van der Waals surface area (Å²) in [6, 6.07) is 14.6. The van der Waals surface area contributed by atoms with Gasteiger partial charge in [-0.1, -0.05) is 36.4 Å². The van der Waals surface area contributed by atoms with Crippen molar-refractivity contribution >= 4 is 16.7 Å². The fourth-order valence-corrected chi connectivity index (χ4v) is 3.60. The summed E-state index contributed by atoms with van der Waals surface area (Å²) in [5.74, 6) is -0.0134. The first-order chi connectivity index (χ1) is 12.2. The van der Waals surface area contributed by atoms with Gasteiger partial charge in [0.1, 0.15) is 0 Å². The van der Waals surface area contributed by atoms with Crippen LogP contribution in [0, 0.1) is 5.92 Å². The number of hydrogen-bond donors (Lipinski definition) is 2. The maximum absolute atomic E-state index is 11.8. The SMILES string of the molecule is CCOC(=O)C1CCC(NCC(O)c2ccc3ccccc3c2)CC1. The highest BCUT2D eigenvalue weighted by molar-refractivity contribution is 5.83. The second-order valence-electron chi connectivity index (χ2n) is 6.83. The molecule has 1 aliphatic rings. The summed E-state index contributed by atoms with van der Waals surface area (Å²) in [7, 11) is 0. The lowest BCUT2D eigenvalue weighted by molar-refractivity contribution is -0.149. The van der Waals surface area contributed by atoms with Crippen molar-refractivity contribution in [2.24, 2.45) is 5.92 Å². The third-order valence-electron chi connectivity index (χ3n) is 5.11. The topological polar surface area (TPSA) is 58.6 Å². The second-order valence-corrected chi connectivity index (χ2v) is 6.83. The number of nitrogens with one attached hydrogen (secondary N) is 1. The van der Waals surface area contributed by atoms with Gasteiger partial charge in [0, 0.05) is 12.6 Å². The van der Waals surface area contributed by atoms with Gasteiger partial charge in [-0.15, -0.1) is 0 Å². The third kappa shape index (κ3) is 4.59. The Hall–Kier alpha value is -1.91. The van der Waals surface area contributed by atoms with E-state index in [9.17, 15) is 9.90 Å². The van der Waals surface area contributed by atoms with Crippen molar-refractivity contribution in [1.29, 1.82) is 0 Å². The number of hydrogen-bond acceptors (Lipinski definition) is 4. The van der Waals surface area contributed by atoms with Crippen molar-refractivity contribution in [2.45, 2.75) is 44.8 Å². The van der Waals surface area contributed by atoms with Crippen LogP contribution >= 0.6 is 0 Å². The average molecular weight is 341 g/mol. The second kappa shape index (κ2) is 8.45. The molecule has 0 aromatic heterocycles. The van der Waals surface area contributed by atoms with Gasteiger partial charge in [-0.3, -0.25) is 4.79 Å². The van der Waals surface area contributed by atoms with Crippen LogP contribution in [0.15, 0.2) is 42.5 Å². The number of esters is 1. The highest BCUT2D eigenvalue weighted by atomic mass is 16.5. The van der Waals surface area contributed by atoms with Crippen LogP contribution in [0.2, 0.25) is 0 Å². The van der Waals surface area contributed by atoms with Crippen molar-refractivity contribution in [1.82, 2.24) is 5.32 Å². The number of fused-ring (bicyclic) bond motifs is 1. The Balaban J connectivity index is 1.49. The first-order valence-electron chi connectivity index (χ1n) is 9.24. The Morgan fingerprint density at radius 2 is 1.88 bits per heavy atom. The third-order valence-corrected chi connectivity index (χ3v) is 5.11. The Morgan fingerprint density at radius 1 is 1.16 bits per heavy atom. The van der Waals surface area contributed by atoms with Gasteiger partial charge in [-0.05, 0) is 55.0 Å². The molecular formula is C21H27NO3. The molecule has 0 saturated heterocycles. The molecule has 1 aliphatic carbocycles. The van der Waals surface area contributed by atoms with Crippen molar-refractivity contribution in [3.05, 3.63) is 48.0 Å². The molecule has 25 heavy (non-hydrogen) atoms. The monoisotopic (exact) mass is 341 g/mol. The number of carbonyl (C=O) groups excluding carboxylic acids is 1. The number of aliphatic hydroxyl groups excluding tert-OH is 1. The molecule has 1 unspecified atom stereocenters. The van der Waals surface area contributed by atoms with Crippen molar-refractivity contribution in [3.63, 3.8) is 0 Å². The van der Waals surface area contributed by atoms with Gasteiger partial charge in [0.2, 0.25) is 0 Å². The molecule has 1 fully saturated rings. The Kier molecular flexibility index (Phi) is 6.05. The van der Waals surface area contributed by atoms with Crippen molar-refractivity contribution in [2.75, 3.05) is 13.2 Å². The highest BCUT2D eigenvalue weighted by Gasteiger charge is 2.27. The number of carbonyl (C=O) groups is 1. The molecule has 0 radical (unpaired) electrons. The molecule has 3 rings (SSSR count). The molecule has 0 spiro atoms. The molecule has 1 atom stereocenters. The fourth-order valence-electron chi connectivity index (χ4n) is 3.60. The molecule has 4 nitrogen and oxygen atoms in total. The molecule has 2 N–H and O–H groups in total. The van der Waals surface area contributed by atoms with Gasteiger partial charge < -0.3 is 15.2 Å². The summed E-state index contributed by atoms with van der Waals surface area (Å²) in [5, 5.41) is 16.3. The molecule has 1 saturated carbocycles. The zero-order chi connectivity index (χ0) is 17.6. The van der Waals surface area contributed by atoms with Gasteiger partial charge >= 0.3 is 5.97 Å². The molecule has 0 bridgehead atoms. The maximum atomic E-state index is 11.8. The zero-order valence-electron chi connectivity index (χ0n) is 14.8. The fraction of sp³-hybridized carbons (Fsp3) is 0.476. The van der Waals surface area contributed by atoms with Crippen LogP contribution in [0.25, 0.3) is 10.8 Å². The summed E-state index contributed by atoms with van der Waals surface area (Å²) >= 11 is 0. The molecule has 0 amide bonds. The van der Waals surface area contributed by atoms with E-state index in [1.54, 1.807) is 0 Å². The highest BCUT2D eigenvalue weighted by Crippen LogP contribution is 2.26. The van der Waals surface area contributed by atoms with E-state index in [0.717, 1.165) is 36.6 Å². The summed E-state index contributed by atoms with van der Waals surface area (Å²) in [6.45, 7) is 2.83. The predicted octanol–water partition coefficient (Wildman–Crippen LogP) is 3.58. The molecular weight excluding hydrogens is 314 g/mol. The average Bonchev–Trinajstić information content (AvgIpc) is 2.66. The molecule has 4 heteroatoms. The lowest BCUT2D eigenvalue weighted by Gasteiger charge is -2.28. The smallest absolute Gasteiger partial charge is 0.308 e.